The molecule has 0 fully saturated rings. The molecule has 0 atom stereocenters. The third-order valence-corrected chi connectivity index (χ3v) is 6.25. The molecule has 35 heavy (non-hydrogen) atoms. The summed E-state index contributed by atoms with van der Waals surface area (Å²) in [5.74, 6) is -0.679. The zero-order valence-electron chi connectivity index (χ0n) is 19.3. The number of nitrogens with zero attached hydrogens (tertiary/aromatic N) is 1. The quantitative estimate of drug-likeness (QED) is 0.231. The van der Waals surface area contributed by atoms with Crippen molar-refractivity contribution in [1.82, 2.24) is 4.90 Å². The molecule has 0 spiro atoms. The van der Waals surface area contributed by atoms with Crippen molar-refractivity contribution < 1.29 is 39.8 Å². The number of likely N-dealkylation sites (N-methyl/N-ethyl adjacent to an activating group) is 1. The third kappa shape index (κ3) is 5.84. The number of carbonyl (C=O) groups excluding carboxylic acids is 2. The average Bonchev–Trinajstić information content (AvgIpc) is 3.14. The van der Waals surface area contributed by atoms with Crippen molar-refractivity contribution in [3.8, 4) is 5.75 Å². The fraction of sp³-hybridized carbons (Fsp3) is 0.333. The summed E-state index contributed by atoms with van der Waals surface area (Å²) >= 11 is 0. The Hall–Kier alpha value is -3.34. The van der Waals surface area contributed by atoms with E-state index in [4.69, 9.17) is 4.42 Å². The van der Waals surface area contributed by atoms with Gasteiger partial charge in [-0.2, -0.15) is 21.6 Å². The average molecular weight is 512 g/mol. The van der Waals surface area contributed by atoms with Gasteiger partial charge in [-0.15, -0.1) is 0 Å². The summed E-state index contributed by atoms with van der Waals surface area (Å²) in [5, 5.41) is 0.519. The van der Waals surface area contributed by atoms with E-state index in [-0.39, 0.29) is 17.9 Å². The van der Waals surface area contributed by atoms with Gasteiger partial charge in [-0.05, 0) is 48.4 Å². The van der Waals surface area contributed by atoms with Crippen LogP contribution in [0.25, 0.3) is 11.0 Å². The SMILES string of the molecule is CCCCc1oc2ccc(CC(=O)N(C)C)cc2c1C(=O)c1ccc(OS(=O)(=O)C(F)(F)F)cc1. The zero-order chi connectivity index (χ0) is 26.0. The lowest BCUT2D eigenvalue weighted by Crippen LogP contribution is -2.28. The number of aryl methyl sites for hydroxylation is 1. The molecule has 0 bridgehead atoms. The molecule has 0 radical (unpaired) electrons. The minimum absolute atomic E-state index is 0.108. The molecule has 0 unspecified atom stereocenters. The molecule has 2 aromatic carbocycles. The molecule has 0 N–H and O–H groups in total. The van der Waals surface area contributed by atoms with Gasteiger partial charge >= 0.3 is 15.6 Å². The lowest BCUT2D eigenvalue weighted by atomic mass is 9.97. The summed E-state index contributed by atoms with van der Waals surface area (Å²) in [4.78, 5) is 27.0. The number of amides is 1. The fourth-order valence-electron chi connectivity index (χ4n) is 3.38. The summed E-state index contributed by atoms with van der Waals surface area (Å²) < 4.78 is 70.1. The highest BCUT2D eigenvalue weighted by molar-refractivity contribution is 7.88. The first-order valence-electron chi connectivity index (χ1n) is 10.7. The Labute approximate surface area is 200 Å². The molecular weight excluding hydrogens is 487 g/mol. The van der Waals surface area contributed by atoms with E-state index in [0.29, 0.717) is 34.3 Å². The maximum absolute atomic E-state index is 13.4. The number of carbonyl (C=O) groups is 2. The number of hydrogen-bond donors (Lipinski definition) is 0. The Balaban J connectivity index is 1.99. The second-order valence-electron chi connectivity index (χ2n) is 8.14. The first kappa shape index (κ1) is 26.3. The highest BCUT2D eigenvalue weighted by atomic mass is 32.2. The molecule has 11 heteroatoms. The number of unbranched alkanes of at least 4 members (excludes halogenated alkanes) is 1. The number of halogens is 3. The standard InChI is InChI=1S/C24H24F3NO6S/c1-4-5-6-20-22(18-13-15(7-12-19(18)33-20)14-21(29)28(2)3)23(30)16-8-10-17(11-9-16)34-35(31,32)24(25,26)27/h7-13H,4-6,14H2,1-3H3. The number of ketones is 1. The molecule has 0 aliphatic rings. The van der Waals surface area contributed by atoms with Crippen molar-refractivity contribution in [2.24, 2.45) is 0 Å². The molecule has 3 aromatic rings. The summed E-state index contributed by atoms with van der Waals surface area (Å²) in [6.45, 7) is 1.99. The van der Waals surface area contributed by atoms with Gasteiger partial charge in [0, 0.05) is 31.5 Å². The van der Waals surface area contributed by atoms with E-state index in [0.717, 1.165) is 25.0 Å². The van der Waals surface area contributed by atoms with Gasteiger partial charge in [0.15, 0.2) is 5.78 Å². The number of hydrogen-bond acceptors (Lipinski definition) is 6. The van der Waals surface area contributed by atoms with Gasteiger partial charge in [0.05, 0.1) is 12.0 Å². The fourth-order valence-corrected chi connectivity index (χ4v) is 3.84. The maximum atomic E-state index is 13.4. The van der Waals surface area contributed by atoms with Crippen molar-refractivity contribution >= 4 is 32.8 Å². The summed E-state index contributed by atoms with van der Waals surface area (Å²) in [5.41, 5.74) is -4.01. The van der Waals surface area contributed by atoms with Gasteiger partial charge in [-0.25, -0.2) is 0 Å². The minimum atomic E-state index is -5.82. The number of furan rings is 1. The largest absolute Gasteiger partial charge is 0.534 e. The topological polar surface area (TPSA) is 93.9 Å². The van der Waals surface area contributed by atoms with Crippen molar-refractivity contribution in [3.05, 3.63) is 64.9 Å². The van der Waals surface area contributed by atoms with Crippen molar-refractivity contribution in [3.63, 3.8) is 0 Å². The molecular formula is C24H24F3NO6S. The molecule has 188 valence electrons. The smallest absolute Gasteiger partial charge is 0.460 e. The first-order chi connectivity index (χ1) is 16.3. The van der Waals surface area contributed by atoms with Gasteiger partial charge in [-0.3, -0.25) is 9.59 Å². The van der Waals surface area contributed by atoms with Crippen LogP contribution in [-0.2, 0) is 27.8 Å². The molecule has 1 amide bonds. The van der Waals surface area contributed by atoms with Crippen LogP contribution in [0.3, 0.4) is 0 Å². The second-order valence-corrected chi connectivity index (χ2v) is 9.67. The predicted molar refractivity (Wildman–Crippen MR) is 123 cm³/mol. The van der Waals surface area contributed by atoms with Gasteiger partial charge in [0.2, 0.25) is 5.91 Å². The van der Waals surface area contributed by atoms with E-state index < -0.39 is 27.2 Å². The molecule has 3 rings (SSSR count). The monoisotopic (exact) mass is 511 g/mol. The van der Waals surface area contributed by atoms with E-state index in [2.05, 4.69) is 4.18 Å². The summed E-state index contributed by atoms with van der Waals surface area (Å²) in [7, 11) is -2.54. The lowest BCUT2D eigenvalue weighted by molar-refractivity contribution is -0.127. The van der Waals surface area contributed by atoms with Crippen LogP contribution >= 0.6 is 0 Å². The van der Waals surface area contributed by atoms with Crippen LogP contribution < -0.4 is 4.18 Å². The highest BCUT2D eigenvalue weighted by Gasteiger charge is 2.48. The normalized spacial score (nSPS) is 12.1. The van der Waals surface area contributed by atoms with Crippen LogP contribution in [0.2, 0.25) is 0 Å². The molecule has 0 saturated carbocycles. The van der Waals surface area contributed by atoms with Crippen LogP contribution in [0, 0.1) is 0 Å². The van der Waals surface area contributed by atoms with Gasteiger partial charge in [0.1, 0.15) is 17.1 Å². The van der Waals surface area contributed by atoms with Crippen LogP contribution in [0.5, 0.6) is 5.75 Å². The van der Waals surface area contributed by atoms with E-state index in [1.807, 2.05) is 6.92 Å². The van der Waals surface area contributed by atoms with Gasteiger partial charge in [-0.1, -0.05) is 19.4 Å². The van der Waals surface area contributed by atoms with Crippen molar-refractivity contribution in [1.29, 1.82) is 0 Å². The van der Waals surface area contributed by atoms with E-state index >= 15 is 0 Å². The predicted octanol–water partition coefficient (Wildman–Crippen LogP) is 4.87. The van der Waals surface area contributed by atoms with E-state index in [1.54, 1.807) is 32.3 Å². The third-order valence-electron chi connectivity index (χ3n) is 5.27. The Bertz CT molecular complexity index is 1340. The Morgan fingerprint density at radius 1 is 1.06 bits per heavy atom. The van der Waals surface area contributed by atoms with Crippen LogP contribution in [0.4, 0.5) is 13.2 Å². The Kier molecular flexibility index (Phi) is 7.59. The Morgan fingerprint density at radius 3 is 2.29 bits per heavy atom. The van der Waals surface area contributed by atoms with Crippen molar-refractivity contribution in [2.45, 2.75) is 38.1 Å². The molecule has 7 nitrogen and oxygen atoms in total. The number of fused-ring (bicyclic) bond motifs is 1. The van der Waals surface area contributed by atoms with Gasteiger partial charge in [0.25, 0.3) is 0 Å². The summed E-state index contributed by atoms with van der Waals surface area (Å²) in [6, 6.07) is 9.49. The lowest BCUT2D eigenvalue weighted by Gasteiger charge is -2.10. The zero-order valence-corrected chi connectivity index (χ0v) is 20.1. The van der Waals surface area contributed by atoms with Crippen LogP contribution in [-0.4, -0.2) is 44.6 Å². The number of rotatable bonds is 9. The Morgan fingerprint density at radius 2 is 1.71 bits per heavy atom. The second kappa shape index (κ2) is 10.1. The molecule has 0 aliphatic heterocycles. The van der Waals surface area contributed by atoms with E-state index in [9.17, 15) is 31.2 Å². The number of benzene rings is 2. The van der Waals surface area contributed by atoms with Crippen LogP contribution in [0.15, 0.2) is 46.9 Å². The molecule has 0 aliphatic carbocycles. The van der Waals surface area contributed by atoms with Gasteiger partial charge < -0.3 is 13.5 Å². The van der Waals surface area contributed by atoms with E-state index in [1.165, 1.54) is 17.0 Å². The van der Waals surface area contributed by atoms with Crippen molar-refractivity contribution in [2.75, 3.05) is 14.1 Å². The maximum Gasteiger partial charge on any atom is 0.534 e. The van der Waals surface area contributed by atoms with Crippen LogP contribution in [0.1, 0.15) is 47.0 Å². The highest BCUT2D eigenvalue weighted by Crippen LogP contribution is 2.32. The molecule has 1 aromatic heterocycles. The number of alkyl halides is 3. The minimum Gasteiger partial charge on any atom is -0.460 e. The first-order valence-corrected chi connectivity index (χ1v) is 12.1. The molecule has 1 heterocycles. The summed E-state index contributed by atoms with van der Waals surface area (Å²) in [6.07, 6.45) is 2.23. The molecule has 0 saturated heterocycles.